The Kier molecular flexibility index (Phi) is 3.43. The Morgan fingerprint density at radius 1 is 1.23 bits per heavy atom. The summed E-state index contributed by atoms with van der Waals surface area (Å²) in [6.07, 6.45) is 1.67. The summed E-state index contributed by atoms with van der Waals surface area (Å²) >= 11 is 0. The molecule has 0 amide bonds. The molecule has 1 aromatic heterocycles. The van der Waals surface area contributed by atoms with Crippen LogP contribution in [0.3, 0.4) is 0 Å². The minimum atomic E-state index is -0.577. The van der Waals surface area contributed by atoms with Crippen molar-refractivity contribution in [2.24, 2.45) is 12.2 Å². The van der Waals surface area contributed by atoms with Gasteiger partial charge in [0.15, 0.2) is 0 Å². The van der Waals surface area contributed by atoms with Crippen molar-refractivity contribution in [2.75, 3.05) is 0 Å². The van der Waals surface area contributed by atoms with E-state index in [1.54, 1.807) is 18.5 Å². The minimum Gasteiger partial charge on any atom is -0.334 e. The predicted octanol–water partition coefficient (Wildman–Crippen LogP) is 3.94. The zero-order valence-corrected chi connectivity index (χ0v) is 12.3. The van der Waals surface area contributed by atoms with Crippen molar-refractivity contribution in [2.45, 2.75) is 12.8 Å². The van der Waals surface area contributed by atoms with Crippen LogP contribution in [-0.2, 0) is 7.05 Å². The van der Waals surface area contributed by atoms with Crippen molar-refractivity contribution in [3.05, 3.63) is 64.3 Å². The average molecular weight is 290 g/mol. The van der Waals surface area contributed by atoms with Gasteiger partial charge < -0.3 is 4.57 Å². The maximum atomic E-state index is 11.2. The molecule has 3 aromatic rings. The first kappa shape index (κ1) is 14.0. The van der Waals surface area contributed by atoms with Gasteiger partial charge in [-0.1, -0.05) is 29.8 Å². The highest BCUT2D eigenvalue weighted by Gasteiger charge is 2.22. The van der Waals surface area contributed by atoms with Crippen molar-refractivity contribution in [3.8, 4) is 6.07 Å². The van der Waals surface area contributed by atoms with Crippen LogP contribution >= 0.6 is 0 Å². The molecule has 108 valence electrons. The molecule has 0 radical (unpaired) electrons. The number of aromatic nitrogens is 2. The van der Waals surface area contributed by atoms with E-state index in [9.17, 15) is 10.2 Å². The second kappa shape index (κ2) is 5.41. The van der Waals surface area contributed by atoms with Gasteiger partial charge in [-0.25, -0.2) is 4.98 Å². The van der Waals surface area contributed by atoms with E-state index in [0.717, 1.165) is 16.6 Å². The third-order valence-electron chi connectivity index (χ3n) is 3.84. The highest BCUT2D eigenvalue weighted by molar-refractivity contribution is 5.85. The minimum absolute atomic E-state index is 0.262. The zero-order chi connectivity index (χ0) is 15.7. The summed E-state index contributed by atoms with van der Waals surface area (Å²) in [6, 6.07) is 13.4. The highest BCUT2D eigenvalue weighted by Crippen LogP contribution is 2.36. The molecule has 0 aliphatic rings. The number of imidazole rings is 1. The van der Waals surface area contributed by atoms with E-state index in [0.29, 0.717) is 11.1 Å². The molecular formula is C17H14N4O. The van der Waals surface area contributed by atoms with Gasteiger partial charge in [-0.05, 0) is 29.8 Å². The van der Waals surface area contributed by atoms with E-state index in [1.807, 2.05) is 42.8 Å². The third-order valence-corrected chi connectivity index (χ3v) is 3.84. The molecule has 5 heteroatoms. The molecule has 0 fully saturated rings. The standard InChI is InChI=1S/C17H14N4O/c1-11-3-5-12(6-4-11)13(9-18)16-14(20-22)7-8-15-17(16)19-10-21(15)2/h3-8,10,13H,1-2H3. The molecule has 2 aromatic carbocycles. The van der Waals surface area contributed by atoms with Crippen molar-refractivity contribution in [1.82, 2.24) is 9.55 Å². The van der Waals surface area contributed by atoms with Gasteiger partial charge in [0.2, 0.25) is 0 Å². The Labute approximate surface area is 127 Å². The van der Waals surface area contributed by atoms with Crippen LogP contribution < -0.4 is 0 Å². The molecule has 1 heterocycles. The van der Waals surface area contributed by atoms with Crippen LogP contribution in [0.1, 0.15) is 22.6 Å². The molecule has 0 N–H and O–H groups in total. The lowest BCUT2D eigenvalue weighted by atomic mass is 9.90. The number of hydrogen-bond donors (Lipinski definition) is 0. The first-order valence-corrected chi connectivity index (χ1v) is 6.89. The smallest absolute Gasteiger partial charge is 0.115 e. The van der Waals surface area contributed by atoms with Gasteiger partial charge >= 0.3 is 0 Å². The number of rotatable bonds is 3. The van der Waals surface area contributed by atoms with E-state index < -0.39 is 5.92 Å². The van der Waals surface area contributed by atoms with Gasteiger partial charge in [0.1, 0.15) is 11.6 Å². The molecule has 0 bridgehead atoms. The molecule has 0 aliphatic carbocycles. The zero-order valence-electron chi connectivity index (χ0n) is 12.3. The van der Waals surface area contributed by atoms with E-state index in [4.69, 9.17) is 0 Å². The van der Waals surface area contributed by atoms with E-state index in [-0.39, 0.29) is 5.69 Å². The largest absolute Gasteiger partial charge is 0.334 e. The van der Waals surface area contributed by atoms with Gasteiger partial charge in [-0.15, -0.1) is 4.91 Å². The Bertz CT molecular complexity index is 887. The fourth-order valence-electron chi connectivity index (χ4n) is 2.64. The molecule has 3 rings (SSSR count). The van der Waals surface area contributed by atoms with Gasteiger partial charge in [0.05, 0.1) is 23.4 Å². The maximum Gasteiger partial charge on any atom is 0.115 e. The summed E-state index contributed by atoms with van der Waals surface area (Å²) in [5.41, 5.74) is 4.29. The van der Waals surface area contributed by atoms with E-state index in [2.05, 4.69) is 16.2 Å². The van der Waals surface area contributed by atoms with Crippen LogP contribution in [0.5, 0.6) is 0 Å². The van der Waals surface area contributed by atoms with Gasteiger partial charge in [-0.3, -0.25) is 0 Å². The Hall–Kier alpha value is -3.00. The summed E-state index contributed by atoms with van der Waals surface area (Å²) in [6.45, 7) is 1.99. The number of nitriles is 1. The molecule has 0 spiro atoms. The molecular weight excluding hydrogens is 276 g/mol. The summed E-state index contributed by atoms with van der Waals surface area (Å²) in [5.74, 6) is -0.577. The second-order valence-corrected chi connectivity index (χ2v) is 5.29. The van der Waals surface area contributed by atoms with Crippen LogP contribution in [0.2, 0.25) is 0 Å². The SMILES string of the molecule is Cc1ccc(C(C#N)c2c(N=O)ccc3c2ncn3C)cc1. The third kappa shape index (κ3) is 2.15. The van der Waals surface area contributed by atoms with Crippen molar-refractivity contribution in [1.29, 1.82) is 5.26 Å². The molecule has 22 heavy (non-hydrogen) atoms. The fraction of sp³-hybridized carbons (Fsp3) is 0.176. The molecule has 5 nitrogen and oxygen atoms in total. The van der Waals surface area contributed by atoms with Gasteiger partial charge in [0, 0.05) is 12.6 Å². The normalized spacial score (nSPS) is 12.0. The lowest BCUT2D eigenvalue weighted by Gasteiger charge is -2.13. The molecule has 1 atom stereocenters. The summed E-state index contributed by atoms with van der Waals surface area (Å²) < 4.78 is 1.86. The van der Waals surface area contributed by atoms with Crippen LogP contribution in [0.25, 0.3) is 11.0 Å². The molecule has 0 saturated carbocycles. The predicted molar refractivity (Wildman–Crippen MR) is 84.8 cm³/mol. The number of benzene rings is 2. The number of hydrogen-bond acceptors (Lipinski definition) is 4. The lowest BCUT2D eigenvalue weighted by molar-refractivity contribution is 0.947. The summed E-state index contributed by atoms with van der Waals surface area (Å²) in [4.78, 5) is 15.5. The van der Waals surface area contributed by atoms with Gasteiger partial charge in [-0.2, -0.15) is 5.26 Å². The Morgan fingerprint density at radius 3 is 2.59 bits per heavy atom. The van der Waals surface area contributed by atoms with Crippen LogP contribution in [0.4, 0.5) is 5.69 Å². The first-order chi connectivity index (χ1) is 10.7. The topological polar surface area (TPSA) is 71.0 Å². The lowest BCUT2D eigenvalue weighted by Crippen LogP contribution is -2.00. The van der Waals surface area contributed by atoms with Crippen LogP contribution in [0, 0.1) is 23.2 Å². The number of nitroso groups, excluding NO2 is 1. The molecule has 0 aliphatic heterocycles. The maximum absolute atomic E-state index is 11.2. The molecule has 1 unspecified atom stereocenters. The number of nitrogens with zero attached hydrogens (tertiary/aromatic N) is 4. The quantitative estimate of drug-likeness (QED) is 0.686. The second-order valence-electron chi connectivity index (χ2n) is 5.29. The first-order valence-electron chi connectivity index (χ1n) is 6.89. The van der Waals surface area contributed by atoms with Crippen molar-refractivity contribution in [3.63, 3.8) is 0 Å². The van der Waals surface area contributed by atoms with E-state index in [1.165, 1.54) is 0 Å². The number of aryl methyl sites for hydroxylation is 2. The number of fused-ring (bicyclic) bond motifs is 1. The fourth-order valence-corrected chi connectivity index (χ4v) is 2.64. The molecule has 0 saturated heterocycles. The Morgan fingerprint density at radius 2 is 1.95 bits per heavy atom. The Balaban J connectivity index is 2.28. The van der Waals surface area contributed by atoms with Gasteiger partial charge in [0.25, 0.3) is 0 Å². The van der Waals surface area contributed by atoms with Crippen molar-refractivity contribution >= 4 is 16.7 Å². The highest BCUT2D eigenvalue weighted by atomic mass is 16.3. The average Bonchev–Trinajstić information content (AvgIpc) is 2.91. The van der Waals surface area contributed by atoms with E-state index >= 15 is 0 Å². The van der Waals surface area contributed by atoms with Crippen LogP contribution in [-0.4, -0.2) is 9.55 Å². The van der Waals surface area contributed by atoms with Crippen molar-refractivity contribution < 1.29 is 0 Å². The van der Waals surface area contributed by atoms with Crippen LogP contribution in [0.15, 0.2) is 47.9 Å². The summed E-state index contributed by atoms with van der Waals surface area (Å²) in [7, 11) is 1.88. The summed E-state index contributed by atoms with van der Waals surface area (Å²) in [5, 5.41) is 12.8. The monoisotopic (exact) mass is 290 g/mol.